The minimum atomic E-state index is -5.20. The molecule has 0 atom stereocenters. The molecule has 6 nitrogen and oxygen atoms in total. The number of halogens is 3. The van der Waals surface area contributed by atoms with Crippen molar-refractivity contribution in [3.8, 4) is 5.88 Å². The number of rotatable bonds is 4. The Bertz CT molecular complexity index is 801. The number of benzene rings is 1. The quantitative estimate of drug-likeness (QED) is 0.854. The van der Waals surface area contributed by atoms with Gasteiger partial charge in [0, 0.05) is 7.05 Å². The van der Waals surface area contributed by atoms with E-state index in [0.29, 0.717) is 6.42 Å². The number of hydrogen-bond donors (Lipinski definition) is 1. The van der Waals surface area contributed by atoms with Crippen molar-refractivity contribution in [2.24, 2.45) is 7.05 Å². The summed E-state index contributed by atoms with van der Waals surface area (Å²) >= 11 is 0. The minimum Gasteiger partial charge on any atom is -0.400 e. The molecule has 0 fully saturated rings. The highest BCUT2D eigenvalue weighted by Crippen LogP contribution is 2.21. The fourth-order valence-corrected chi connectivity index (χ4v) is 2.00. The van der Waals surface area contributed by atoms with Crippen molar-refractivity contribution in [1.82, 2.24) is 9.55 Å². The van der Waals surface area contributed by atoms with Gasteiger partial charge < -0.3 is 10.5 Å². The van der Waals surface area contributed by atoms with Crippen LogP contribution in [0.5, 0.6) is 5.88 Å². The summed E-state index contributed by atoms with van der Waals surface area (Å²) in [6.07, 6.45) is -4.79. The molecule has 1 heterocycles. The number of nitrogens with zero attached hydrogens (tertiary/aromatic N) is 2. The van der Waals surface area contributed by atoms with Crippen molar-refractivity contribution < 1.29 is 22.7 Å². The molecule has 0 aliphatic carbocycles. The highest BCUT2D eigenvalue weighted by molar-refractivity contribution is 5.78. The lowest BCUT2D eigenvalue weighted by atomic mass is 10.1. The Balaban J connectivity index is 2.35. The molecule has 2 N–H and O–H groups in total. The number of carbonyl (C=O) groups is 1. The molecular weight excluding hydrogens is 327 g/mol. The third-order valence-electron chi connectivity index (χ3n) is 3.31. The number of carbonyl (C=O) groups excluding carboxylic acids is 1. The van der Waals surface area contributed by atoms with Crippen LogP contribution in [-0.2, 0) is 24.7 Å². The molecular formula is C15H14F3N3O3. The van der Waals surface area contributed by atoms with Crippen LogP contribution in [-0.4, -0.2) is 21.7 Å². The summed E-state index contributed by atoms with van der Waals surface area (Å²) in [4.78, 5) is 26.9. The maximum Gasteiger partial charge on any atom is 0.491 e. The van der Waals surface area contributed by atoms with Gasteiger partial charge in [0.1, 0.15) is 0 Å². The first kappa shape index (κ1) is 17.5. The molecule has 0 radical (unpaired) electrons. The standard InChI is InChI=1S/C15H14F3N3O3/c1-21-12(22)10(8-7-9-5-3-2-4-6-9)11(20-14(21)19)24-13(23)15(16,17)18/h2-6H,7-8H2,1H3,(H2,19,20). The number of nitrogens with two attached hydrogens (primary N) is 1. The van der Waals surface area contributed by atoms with Gasteiger partial charge in [0.15, 0.2) is 0 Å². The smallest absolute Gasteiger partial charge is 0.400 e. The van der Waals surface area contributed by atoms with Gasteiger partial charge in [-0.2, -0.15) is 18.2 Å². The zero-order valence-electron chi connectivity index (χ0n) is 12.6. The zero-order chi connectivity index (χ0) is 17.9. The Morgan fingerprint density at radius 2 is 1.88 bits per heavy atom. The van der Waals surface area contributed by atoms with Gasteiger partial charge in [-0.25, -0.2) is 4.79 Å². The molecule has 0 amide bonds. The molecule has 2 aromatic rings. The fraction of sp³-hybridized carbons (Fsp3) is 0.267. The fourth-order valence-electron chi connectivity index (χ4n) is 2.00. The van der Waals surface area contributed by atoms with E-state index in [1.165, 1.54) is 7.05 Å². The molecule has 0 aliphatic heterocycles. The minimum absolute atomic E-state index is 0.0461. The molecule has 0 bridgehead atoms. The molecule has 9 heteroatoms. The zero-order valence-corrected chi connectivity index (χ0v) is 12.6. The van der Waals surface area contributed by atoms with Crippen molar-refractivity contribution in [3.63, 3.8) is 0 Å². The van der Waals surface area contributed by atoms with Crippen LogP contribution in [0.25, 0.3) is 0 Å². The maximum absolute atomic E-state index is 12.4. The second-order valence-corrected chi connectivity index (χ2v) is 4.99. The topological polar surface area (TPSA) is 87.2 Å². The van der Waals surface area contributed by atoms with Gasteiger partial charge in [0.2, 0.25) is 11.8 Å². The Hall–Kier alpha value is -2.84. The molecule has 0 saturated heterocycles. The lowest BCUT2D eigenvalue weighted by molar-refractivity contribution is -0.190. The number of aryl methyl sites for hydroxylation is 1. The highest BCUT2D eigenvalue weighted by Gasteiger charge is 2.42. The van der Waals surface area contributed by atoms with Crippen LogP contribution in [0.4, 0.5) is 19.1 Å². The summed E-state index contributed by atoms with van der Waals surface area (Å²) in [7, 11) is 1.33. The Morgan fingerprint density at radius 1 is 1.25 bits per heavy atom. The second-order valence-electron chi connectivity index (χ2n) is 4.99. The number of anilines is 1. The van der Waals surface area contributed by atoms with Crippen LogP contribution in [0.1, 0.15) is 11.1 Å². The lowest BCUT2D eigenvalue weighted by Gasteiger charge is -2.12. The molecule has 24 heavy (non-hydrogen) atoms. The Morgan fingerprint density at radius 3 is 2.46 bits per heavy atom. The van der Waals surface area contributed by atoms with Crippen LogP contribution in [0.15, 0.2) is 35.1 Å². The number of alkyl halides is 3. The van der Waals surface area contributed by atoms with Gasteiger partial charge in [0.25, 0.3) is 5.56 Å². The SMILES string of the molecule is Cn1c(N)nc(OC(=O)C(F)(F)F)c(CCc2ccccc2)c1=O. The van der Waals surface area contributed by atoms with Crippen LogP contribution in [0.3, 0.4) is 0 Å². The van der Waals surface area contributed by atoms with Crippen molar-refractivity contribution >= 4 is 11.9 Å². The van der Waals surface area contributed by atoms with E-state index in [1.54, 1.807) is 24.3 Å². The van der Waals surface area contributed by atoms with Crippen molar-refractivity contribution in [1.29, 1.82) is 0 Å². The third-order valence-corrected chi connectivity index (χ3v) is 3.31. The monoisotopic (exact) mass is 341 g/mol. The van der Waals surface area contributed by atoms with Crippen molar-refractivity contribution in [2.75, 3.05) is 5.73 Å². The predicted molar refractivity (Wildman–Crippen MR) is 79.4 cm³/mol. The summed E-state index contributed by atoms with van der Waals surface area (Å²) in [5, 5.41) is 0. The van der Waals surface area contributed by atoms with E-state index in [-0.39, 0.29) is 17.9 Å². The summed E-state index contributed by atoms with van der Waals surface area (Å²) in [6.45, 7) is 0. The molecule has 0 spiro atoms. The lowest BCUT2D eigenvalue weighted by Crippen LogP contribution is -2.32. The molecule has 0 unspecified atom stereocenters. The van der Waals surface area contributed by atoms with Crippen molar-refractivity contribution in [3.05, 3.63) is 51.8 Å². The van der Waals surface area contributed by atoms with Gasteiger partial charge >= 0.3 is 12.1 Å². The van der Waals surface area contributed by atoms with Crippen LogP contribution < -0.4 is 16.0 Å². The van der Waals surface area contributed by atoms with Crippen LogP contribution >= 0.6 is 0 Å². The Labute approximate surface area is 134 Å². The van der Waals surface area contributed by atoms with Crippen LogP contribution in [0.2, 0.25) is 0 Å². The molecule has 0 aliphatic rings. The van der Waals surface area contributed by atoms with Gasteiger partial charge in [0.05, 0.1) is 5.56 Å². The number of esters is 1. The third kappa shape index (κ3) is 3.92. The first-order chi connectivity index (χ1) is 11.2. The normalized spacial score (nSPS) is 11.3. The summed E-state index contributed by atoms with van der Waals surface area (Å²) in [5.74, 6) is -3.52. The largest absolute Gasteiger partial charge is 0.491 e. The van der Waals surface area contributed by atoms with E-state index in [0.717, 1.165) is 10.1 Å². The van der Waals surface area contributed by atoms with Gasteiger partial charge in [-0.3, -0.25) is 9.36 Å². The molecule has 1 aromatic heterocycles. The number of ether oxygens (including phenoxy) is 1. The maximum atomic E-state index is 12.4. The van der Waals surface area contributed by atoms with Crippen LogP contribution in [0, 0.1) is 0 Å². The van der Waals surface area contributed by atoms with Gasteiger partial charge in [-0.1, -0.05) is 30.3 Å². The molecule has 2 rings (SSSR count). The number of nitrogen functional groups attached to an aromatic ring is 1. The van der Waals surface area contributed by atoms with Crippen molar-refractivity contribution in [2.45, 2.75) is 19.0 Å². The van der Waals surface area contributed by atoms with Gasteiger partial charge in [-0.15, -0.1) is 0 Å². The average Bonchev–Trinajstić information content (AvgIpc) is 2.52. The van der Waals surface area contributed by atoms with E-state index < -0.39 is 23.6 Å². The molecule has 1 aromatic carbocycles. The number of aromatic nitrogens is 2. The highest BCUT2D eigenvalue weighted by atomic mass is 19.4. The summed E-state index contributed by atoms with van der Waals surface area (Å²) in [5.41, 5.74) is 5.52. The van der Waals surface area contributed by atoms with E-state index in [2.05, 4.69) is 9.72 Å². The number of hydrogen-bond acceptors (Lipinski definition) is 5. The summed E-state index contributed by atoms with van der Waals surface area (Å²) in [6, 6.07) is 9.00. The first-order valence-corrected chi connectivity index (χ1v) is 6.88. The first-order valence-electron chi connectivity index (χ1n) is 6.88. The second kappa shape index (κ2) is 6.73. The Kier molecular flexibility index (Phi) is 4.91. The van der Waals surface area contributed by atoms with E-state index >= 15 is 0 Å². The van der Waals surface area contributed by atoms with E-state index in [4.69, 9.17) is 5.73 Å². The predicted octanol–water partition coefficient (Wildman–Crippen LogP) is 1.62. The molecule has 128 valence electrons. The van der Waals surface area contributed by atoms with E-state index in [1.807, 2.05) is 6.07 Å². The summed E-state index contributed by atoms with van der Waals surface area (Å²) < 4.78 is 42.4. The van der Waals surface area contributed by atoms with Gasteiger partial charge in [-0.05, 0) is 18.4 Å². The molecule has 0 saturated carbocycles. The average molecular weight is 341 g/mol. The van der Waals surface area contributed by atoms with E-state index in [9.17, 15) is 22.8 Å².